The Balaban J connectivity index is 1.46. The highest BCUT2D eigenvalue weighted by Crippen LogP contribution is 2.36. The van der Waals surface area contributed by atoms with E-state index in [0.29, 0.717) is 12.8 Å². The number of piperazine rings is 1. The molecule has 1 saturated carbocycles. The molecule has 21 heavy (non-hydrogen) atoms. The molecule has 1 aliphatic carbocycles. The standard InChI is InChI=1S/C16H19N3O2/c17-8-14-10-18(6-7-19(14)13-4-5-13)9-12-2-1-3-15-16(12)21-11-20-15/h1-3,13-14H,4-7,9-11H2. The molecule has 1 atom stereocenters. The van der Waals surface area contributed by atoms with E-state index < -0.39 is 0 Å². The maximum Gasteiger partial charge on any atom is 0.231 e. The predicted octanol–water partition coefficient (Wildman–Crippen LogP) is 1.59. The Kier molecular flexibility index (Phi) is 3.21. The molecule has 0 radical (unpaired) electrons. The van der Waals surface area contributed by atoms with Gasteiger partial charge in [0.2, 0.25) is 6.79 Å². The molecule has 1 aromatic carbocycles. The topological polar surface area (TPSA) is 48.7 Å². The van der Waals surface area contributed by atoms with Crippen LogP contribution in [0.5, 0.6) is 11.5 Å². The van der Waals surface area contributed by atoms with E-state index in [1.54, 1.807) is 0 Å². The molecule has 1 aromatic rings. The van der Waals surface area contributed by atoms with Crippen molar-refractivity contribution >= 4 is 0 Å². The van der Waals surface area contributed by atoms with Gasteiger partial charge in [-0.2, -0.15) is 5.26 Å². The fourth-order valence-corrected chi connectivity index (χ4v) is 3.31. The summed E-state index contributed by atoms with van der Waals surface area (Å²) in [5.74, 6) is 1.71. The van der Waals surface area contributed by atoms with Gasteiger partial charge in [0.15, 0.2) is 11.5 Å². The van der Waals surface area contributed by atoms with E-state index in [1.807, 2.05) is 12.1 Å². The largest absolute Gasteiger partial charge is 0.454 e. The van der Waals surface area contributed by atoms with Crippen LogP contribution >= 0.6 is 0 Å². The molecular formula is C16H19N3O2. The average Bonchev–Trinajstić information content (AvgIpc) is 3.24. The van der Waals surface area contributed by atoms with Crippen LogP contribution in [0.3, 0.4) is 0 Å². The SMILES string of the molecule is N#CC1CN(Cc2cccc3c2OCO3)CCN1C1CC1. The summed E-state index contributed by atoms with van der Waals surface area (Å²) in [4.78, 5) is 4.73. The van der Waals surface area contributed by atoms with Crippen LogP contribution in [0.1, 0.15) is 18.4 Å². The summed E-state index contributed by atoms with van der Waals surface area (Å²) < 4.78 is 11.0. The number of rotatable bonds is 3. The molecule has 0 N–H and O–H groups in total. The minimum absolute atomic E-state index is 0.0279. The van der Waals surface area contributed by atoms with E-state index in [-0.39, 0.29) is 6.04 Å². The van der Waals surface area contributed by atoms with Crippen molar-refractivity contribution in [3.05, 3.63) is 23.8 Å². The van der Waals surface area contributed by atoms with Gasteiger partial charge in [0, 0.05) is 37.8 Å². The van der Waals surface area contributed by atoms with Crippen molar-refractivity contribution in [1.82, 2.24) is 9.80 Å². The van der Waals surface area contributed by atoms with Crippen molar-refractivity contribution in [2.45, 2.75) is 31.5 Å². The lowest BCUT2D eigenvalue weighted by molar-refractivity contribution is 0.0889. The molecule has 2 aliphatic heterocycles. The quantitative estimate of drug-likeness (QED) is 0.844. The van der Waals surface area contributed by atoms with E-state index in [4.69, 9.17) is 9.47 Å². The van der Waals surface area contributed by atoms with Gasteiger partial charge in [-0.1, -0.05) is 12.1 Å². The molecule has 5 nitrogen and oxygen atoms in total. The first-order chi connectivity index (χ1) is 10.3. The van der Waals surface area contributed by atoms with Gasteiger partial charge in [-0.25, -0.2) is 0 Å². The Labute approximate surface area is 124 Å². The van der Waals surface area contributed by atoms with Crippen LogP contribution in [0.15, 0.2) is 18.2 Å². The Morgan fingerprint density at radius 2 is 2.14 bits per heavy atom. The first-order valence-corrected chi connectivity index (χ1v) is 7.60. The summed E-state index contributed by atoms with van der Waals surface area (Å²) in [5.41, 5.74) is 1.15. The molecule has 0 aromatic heterocycles. The number of nitrogens with zero attached hydrogens (tertiary/aromatic N) is 3. The highest BCUT2D eigenvalue weighted by molar-refractivity contribution is 5.48. The van der Waals surface area contributed by atoms with Gasteiger partial charge in [-0.3, -0.25) is 9.80 Å². The normalized spacial score (nSPS) is 25.8. The summed E-state index contributed by atoms with van der Waals surface area (Å²) in [6.45, 7) is 3.96. The third-order valence-electron chi connectivity index (χ3n) is 4.54. The van der Waals surface area contributed by atoms with E-state index in [2.05, 4.69) is 21.9 Å². The molecule has 1 saturated heterocycles. The number of benzene rings is 1. The monoisotopic (exact) mass is 285 g/mol. The van der Waals surface area contributed by atoms with Gasteiger partial charge >= 0.3 is 0 Å². The van der Waals surface area contributed by atoms with E-state index in [9.17, 15) is 5.26 Å². The minimum atomic E-state index is 0.0279. The van der Waals surface area contributed by atoms with Gasteiger partial charge in [-0.15, -0.1) is 0 Å². The number of nitriles is 1. The second-order valence-corrected chi connectivity index (χ2v) is 6.00. The van der Waals surface area contributed by atoms with Crippen LogP contribution in [-0.2, 0) is 6.54 Å². The summed E-state index contributed by atoms with van der Waals surface area (Å²) in [6, 6.07) is 9.19. The summed E-state index contributed by atoms with van der Waals surface area (Å²) in [5, 5.41) is 9.41. The predicted molar refractivity (Wildman–Crippen MR) is 77.0 cm³/mol. The van der Waals surface area contributed by atoms with Crippen molar-refractivity contribution in [2.24, 2.45) is 0 Å². The zero-order valence-corrected chi connectivity index (χ0v) is 12.0. The van der Waals surface area contributed by atoms with E-state index in [0.717, 1.165) is 43.2 Å². The van der Waals surface area contributed by atoms with Crippen molar-refractivity contribution in [2.75, 3.05) is 26.4 Å². The maximum absolute atomic E-state index is 9.41. The lowest BCUT2D eigenvalue weighted by Gasteiger charge is -2.38. The molecule has 110 valence electrons. The number of fused-ring (bicyclic) bond motifs is 1. The number of hydrogen-bond donors (Lipinski definition) is 0. The number of ether oxygens (including phenoxy) is 2. The highest BCUT2D eigenvalue weighted by Gasteiger charge is 2.37. The number of para-hydroxylation sites is 1. The lowest BCUT2D eigenvalue weighted by Crippen LogP contribution is -2.52. The molecule has 0 amide bonds. The van der Waals surface area contributed by atoms with Crippen LogP contribution in [-0.4, -0.2) is 48.3 Å². The Bertz CT molecular complexity index is 579. The number of hydrogen-bond acceptors (Lipinski definition) is 5. The second kappa shape index (κ2) is 5.21. The Hall–Kier alpha value is -1.77. The van der Waals surface area contributed by atoms with Crippen molar-refractivity contribution in [3.63, 3.8) is 0 Å². The molecule has 1 unspecified atom stereocenters. The molecule has 2 fully saturated rings. The van der Waals surface area contributed by atoms with E-state index in [1.165, 1.54) is 12.8 Å². The molecule has 3 aliphatic rings. The minimum Gasteiger partial charge on any atom is -0.454 e. The van der Waals surface area contributed by atoms with Crippen LogP contribution < -0.4 is 9.47 Å². The molecule has 0 bridgehead atoms. The zero-order chi connectivity index (χ0) is 14.2. The van der Waals surface area contributed by atoms with Gasteiger partial charge < -0.3 is 9.47 Å². The molecule has 4 rings (SSSR count). The molecule has 2 heterocycles. The van der Waals surface area contributed by atoms with Crippen molar-refractivity contribution in [1.29, 1.82) is 5.26 Å². The molecular weight excluding hydrogens is 266 g/mol. The third kappa shape index (κ3) is 2.45. The fourth-order valence-electron chi connectivity index (χ4n) is 3.31. The van der Waals surface area contributed by atoms with Gasteiger partial charge in [0.25, 0.3) is 0 Å². The zero-order valence-electron chi connectivity index (χ0n) is 12.0. The Morgan fingerprint density at radius 3 is 2.95 bits per heavy atom. The maximum atomic E-state index is 9.41. The van der Waals surface area contributed by atoms with Crippen LogP contribution in [0, 0.1) is 11.3 Å². The smallest absolute Gasteiger partial charge is 0.231 e. The second-order valence-electron chi connectivity index (χ2n) is 6.00. The Morgan fingerprint density at radius 1 is 1.24 bits per heavy atom. The molecule has 5 heteroatoms. The summed E-state index contributed by atoms with van der Waals surface area (Å²) in [7, 11) is 0. The average molecular weight is 285 g/mol. The van der Waals surface area contributed by atoms with Crippen LogP contribution in [0.25, 0.3) is 0 Å². The van der Waals surface area contributed by atoms with Crippen molar-refractivity contribution < 1.29 is 9.47 Å². The first-order valence-electron chi connectivity index (χ1n) is 7.60. The van der Waals surface area contributed by atoms with Crippen LogP contribution in [0.2, 0.25) is 0 Å². The van der Waals surface area contributed by atoms with Gasteiger partial charge in [0.05, 0.1) is 6.07 Å². The van der Waals surface area contributed by atoms with Gasteiger partial charge in [-0.05, 0) is 18.9 Å². The van der Waals surface area contributed by atoms with E-state index >= 15 is 0 Å². The van der Waals surface area contributed by atoms with Crippen LogP contribution in [0.4, 0.5) is 0 Å². The van der Waals surface area contributed by atoms with Gasteiger partial charge in [0.1, 0.15) is 6.04 Å². The highest BCUT2D eigenvalue weighted by atomic mass is 16.7. The third-order valence-corrected chi connectivity index (χ3v) is 4.54. The first kappa shape index (κ1) is 12.9. The fraction of sp³-hybridized carbons (Fsp3) is 0.562. The molecule has 0 spiro atoms. The van der Waals surface area contributed by atoms with Crippen molar-refractivity contribution in [3.8, 4) is 17.6 Å². The summed E-state index contributed by atoms with van der Waals surface area (Å²) in [6.07, 6.45) is 2.52. The summed E-state index contributed by atoms with van der Waals surface area (Å²) >= 11 is 0. The lowest BCUT2D eigenvalue weighted by atomic mass is 10.1.